The van der Waals surface area contributed by atoms with E-state index in [1.807, 2.05) is 13.8 Å². The molecule has 5 nitrogen and oxygen atoms in total. The summed E-state index contributed by atoms with van der Waals surface area (Å²) in [4.78, 5) is 11.2. The molecule has 17 heavy (non-hydrogen) atoms. The largest absolute Gasteiger partial charge is 0.466 e. The van der Waals surface area contributed by atoms with Crippen LogP contribution in [0.4, 0.5) is 0 Å². The van der Waals surface area contributed by atoms with E-state index in [4.69, 9.17) is 9.47 Å². The average molecular weight is 242 g/mol. The molecule has 1 heterocycles. The van der Waals surface area contributed by atoms with Gasteiger partial charge in [0.15, 0.2) is 5.79 Å². The summed E-state index contributed by atoms with van der Waals surface area (Å²) < 4.78 is 15.9. The number of carbonyl (C=O) groups is 1. The highest BCUT2D eigenvalue weighted by atomic mass is 16.8. The Morgan fingerprint density at radius 2 is 2.18 bits per heavy atom. The first kappa shape index (κ1) is 12.5. The molecule has 0 unspecified atom stereocenters. The molecule has 96 valence electrons. The zero-order valence-electron chi connectivity index (χ0n) is 10.3. The van der Waals surface area contributed by atoms with Gasteiger partial charge in [-0.2, -0.15) is 0 Å². The molecule has 1 aliphatic heterocycles. The topological polar surface area (TPSA) is 65.0 Å². The summed E-state index contributed by atoms with van der Waals surface area (Å²) in [5.74, 6) is -1.07. The lowest BCUT2D eigenvalue weighted by Crippen LogP contribution is -2.40. The van der Waals surface area contributed by atoms with Crippen molar-refractivity contribution in [3.05, 3.63) is 11.6 Å². The molecule has 0 aromatic heterocycles. The second kappa shape index (κ2) is 4.40. The molecule has 0 aromatic rings. The zero-order valence-corrected chi connectivity index (χ0v) is 10.3. The van der Waals surface area contributed by atoms with Crippen LogP contribution in [0.15, 0.2) is 11.6 Å². The van der Waals surface area contributed by atoms with Crippen LogP contribution in [0.2, 0.25) is 0 Å². The van der Waals surface area contributed by atoms with E-state index in [-0.39, 0.29) is 12.2 Å². The van der Waals surface area contributed by atoms with Gasteiger partial charge in [-0.25, -0.2) is 4.79 Å². The molecule has 2 fully saturated rings. The molecule has 0 aromatic carbocycles. The average Bonchev–Trinajstić information content (AvgIpc) is 2.53. The molecule has 1 aliphatic carbocycles. The molecule has 1 saturated carbocycles. The van der Waals surface area contributed by atoms with Crippen LogP contribution < -0.4 is 0 Å². The summed E-state index contributed by atoms with van der Waals surface area (Å²) in [6, 6.07) is 0. The molecule has 0 spiro atoms. The monoisotopic (exact) mass is 242 g/mol. The minimum absolute atomic E-state index is 0.190. The van der Waals surface area contributed by atoms with Crippen molar-refractivity contribution >= 4 is 5.97 Å². The molecule has 0 amide bonds. The van der Waals surface area contributed by atoms with E-state index < -0.39 is 17.9 Å². The fourth-order valence-electron chi connectivity index (χ4n) is 2.42. The van der Waals surface area contributed by atoms with Gasteiger partial charge in [-0.15, -0.1) is 0 Å². The van der Waals surface area contributed by atoms with Gasteiger partial charge < -0.3 is 19.3 Å². The highest BCUT2D eigenvalue weighted by molar-refractivity contribution is 5.82. The Labute approximate surface area is 100 Å². The Hall–Kier alpha value is -0.910. The summed E-state index contributed by atoms with van der Waals surface area (Å²) in [6.07, 6.45) is 1.32. The van der Waals surface area contributed by atoms with Gasteiger partial charge in [0.1, 0.15) is 6.10 Å². The second-order valence-corrected chi connectivity index (χ2v) is 4.94. The van der Waals surface area contributed by atoms with Gasteiger partial charge >= 0.3 is 5.97 Å². The number of hydrogen-bond donors (Lipinski definition) is 1. The van der Waals surface area contributed by atoms with Gasteiger partial charge in [-0.3, -0.25) is 0 Å². The fraction of sp³-hybridized carbons (Fsp3) is 0.750. The minimum Gasteiger partial charge on any atom is -0.466 e. The maximum absolute atomic E-state index is 11.2. The van der Waals surface area contributed by atoms with Gasteiger partial charge in [0.05, 0.1) is 19.3 Å². The van der Waals surface area contributed by atoms with Crippen molar-refractivity contribution < 1.29 is 24.1 Å². The lowest BCUT2D eigenvalue weighted by Gasteiger charge is -2.29. The number of hydrogen-bond acceptors (Lipinski definition) is 5. The van der Waals surface area contributed by atoms with E-state index >= 15 is 0 Å². The van der Waals surface area contributed by atoms with Crippen molar-refractivity contribution in [3.63, 3.8) is 0 Å². The number of ether oxygens (including phenoxy) is 3. The molecular weight excluding hydrogens is 224 g/mol. The number of methoxy groups -OCH3 is 1. The normalized spacial score (nSPS) is 37.9. The summed E-state index contributed by atoms with van der Waals surface area (Å²) in [5.41, 5.74) is 0.840. The predicted octanol–water partition coefficient (Wildman–Crippen LogP) is 0.761. The van der Waals surface area contributed by atoms with Gasteiger partial charge in [0, 0.05) is 6.08 Å². The predicted molar refractivity (Wildman–Crippen MR) is 59.2 cm³/mol. The van der Waals surface area contributed by atoms with Crippen LogP contribution in [-0.4, -0.2) is 42.3 Å². The Morgan fingerprint density at radius 1 is 1.47 bits per heavy atom. The molecule has 1 N–H and O–H groups in total. The molecule has 2 rings (SSSR count). The standard InChI is InChI=1S/C12H18O5/c1-12(2)16-9-5-7(6-10(14)15-3)4-8(13)11(9)17-12/h6,8-9,11,13H,4-5H2,1-3H3/b7-6-/t8-,9-,11+/m1/s1. The maximum Gasteiger partial charge on any atom is 0.330 e. The third kappa shape index (κ3) is 2.68. The van der Waals surface area contributed by atoms with Crippen molar-refractivity contribution in [2.75, 3.05) is 7.11 Å². The summed E-state index contributed by atoms with van der Waals surface area (Å²) >= 11 is 0. The van der Waals surface area contributed by atoms with E-state index in [0.717, 1.165) is 5.57 Å². The number of aliphatic hydroxyl groups is 1. The van der Waals surface area contributed by atoms with Crippen LogP contribution in [0.5, 0.6) is 0 Å². The van der Waals surface area contributed by atoms with E-state index in [1.165, 1.54) is 13.2 Å². The highest BCUT2D eigenvalue weighted by Crippen LogP contribution is 2.38. The van der Waals surface area contributed by atoms with Gasteiger partial charge in [-0.05, 0) is 26.7 Å². The Bertz CT molecular complexity index is 347. The molecule has 1 saturated heterocycles. The summed E-state index contributed by atoms with van der Waals surface area (Å²) in [5, 5.41) is 9.97. The number of rotatable bonds is 1. The quantitative estimate of drug-likeness (QED) is 0.543. The van der Waals surface area contributed by atoms with Crippen LogP contribution in [0, 0.1) is 0 Å². The molecule has 3 atom stereocenters. The van der Waals surface area contributed by atoms with Crippen LogP contribution in [0.25, 0.3) is 0 Å². The first-order valence-corrected chi connectivity index (χ1v) is 5.72. The lowest BCUT2D eigenvalue weighted by molar-refractivity contribution is -0.153. The highest BCUT2D eigenvalue weighted by Gasteiger charge is 2.47. The van der Waals surface area contributed by atoms with Crippen molar-refractivity contribution in [1.29, 1.82) is 0 Å². The zero-order chi connectivity index (χ0) is 12.6. The molecule has 0 bridgehead atoms. The fourth-order valence-corrected chi connectivity index (χ4v) is 2.42. The van der Waals surface area contributed by atoms with Gasteiger partial charge in [0.25, 0.3) is 0 Å². The number of esters is 1. The summed E-state index contributed by atoms with van der Waals surface area (Å²) in [6.45, 7) is 3.64. The van der Waals surface area contributed by atoms with Gasteiger partial charge in [0.2, 0.25) is 0 Å². The third-order valence-electron chi connectivity index (χ3n) is 3.06. The van der Waals surface area contributed by atoms with Crippen molar-refractivity contribution in [1.82, 2.24) is 0 Å². The molecule has 2 aliphatic rings. The number of fused-ring (bicyclic) bond motifs is 1. The first-order valence-electron chi connectivity index (χ1n) is 5.72. The van der Waals surface area contributed by atoms with E-state index in [0.29, 0.717) is 12.8 Å². The lowest BCUT2D eigenvalue weighted by atomic mass is 9.88. The minimum atomic E-state index is -0.670. The Balaban J connectivity index is 2.10. The van der Waals surface area contributed by atoms with Crippen molar-refractivity contribution in [2.24, 2.45) is 0 Å². The molecular formula is C12H18O5. The van der Waals surface area contributed by atoms with E-state index in [9.17, 15) is 9.90 Å². The molecule has 5 heteroatoms. The third-order valence-corrected chi connectivity index (χ3v) is 3.06. The SMILES string of the molecule is COC(=O)/C=C1/C[C@@H](O)[C@@H]2OC(C)(C)O[C@@H]2C1. The second-order valence-electron chi connectivity index (χ2n) is 4.94. The first-order chi connectivity index (χ1) is 7.91. The van der Waals surface area contributed by atoms with Crippen LogP contribution in [0.1, 0.15) is 26.7 Å². The smallest absolute Gasteiger partial charge is 0.330 e. The maximum atomic E-state index is 11.2. The van der Waals surface area contributed by atoms with Crippen LogP contribution in [0.3, 0.4) is 0 Å². The van der Waals surface area contributed by atoms with Gasteiger partial charge in [-0.1, -0.05) is 5.57 Å². The molecule has 0 radical (unpaired) electrons. The Morgan fingerprint density at radius 3 is 2.82 bits per heavy atom. The number of carbonyl (C=O) groups excluding carboxylic acids is 1. The Kier molecular flexibility index (Phi) is 3.25. The van der Waals surface area contributed by atoms with E-state index in [2.05, 4.69) is 4.74 Å². The number of aliphatic hydroxyl groups excluding tert-OH is 1. The summed E-state index contributed by atoms with van der Waals surface area (Å²) in [7, 11) is 1.33. The van der Waals surface area contributed by atoms with Crippen molar-refractivity contribution in [3.8, 4) is 0 Å². The van der Waals surface area contributed by atoms with Crippen molar-refractivity contribution in [2.45, 2.75) is 50.8 Å². The van der Waals surface area contributed by atoms with Crippen LogP contribution in [-0.2, 0) is 19.0 Å². The van der Waals surface area contributed by atoms with E-state index in [1.54, 1.807) is 0 Å². The van der Waals surface area contributed by atoms with Crippen LogP contribution >= 0.6 is 0 Å².